The van der Waals surface area contributed by atoms with Gasteiger partial charge in [0.2, 0.25) is 5.96 Å². The second-order valence-corrected chi connectivity index (χ2v) is 8.63. The van der Waals surface area contributed by atoms with Gasteiger partial charge in [0.05, 0.1) is 11.3 Å². The minimum absolute atomic E-state index is 0.100. The summed E-state index contributed by atoms with van der Waals surface area (Å²) in [6, 6.07) is 14.2. The number of nitrogens with two attached hydrogens (primary N) is 1. The van der Waals surface area contributed by atoms with Crippen LogP contribution in [0.3, 0.4) is 0 Å². The summed E-state index contributed by atoms with van der Waals surface area (Å²) in [5.41, 5.74) is 9.64. The van der Waals surface area contributed by atoms with E-state index in [0.29, 0.717) is 5.56 Å². The van der Waals surface area contributed by atoms with Crippen molar-refractivity contribution in [2.75, 3.05) is 10.8 Å². The molecule has 0 spiro atoms. The van der Waals surface area contributed by atoms with Crippen LogP contribution in [0.5, 0.6) is 0 Å². The molecule has 0 atom stereocenters. The van der Waals surface area contributed by atoms with Crippen molar-refractivity contribution in [3.63, 3.8) is 0 Å². The maximum Gasteiger partial charge on any atom is 0.219 e. The lowest BCUT2D eigenvalue weighted by atomic mass is 10.00. The highest BCUT2D eigenvalue weighted by Crippen LogP contribution is 2.34. The van der Waals surface area contributed by atoms with E-state index in [1.165, 1.54) is 12.8 Å². The molecule has 0 bridgehead atoms. The average Bonchev–Trinajstić information content (AvgIpc) is 2.76. The lowest BCUT2D eigenvalue weighted by Crippen LogP contribution is -2.06. The Morgan fingerprint density at radius 3 is 2.76 bits per heavy atom. The van der Waals surface area contributed by atoms with E-state index < -0.39 is 0 Å². The quantitative estimate of drug-likeness (QED) is 0.187. The molecule has 1 heterocycles. The van der Waals surface area contributed by atoms with Crippen LogP contribution in [0.1, 0.15) is 37.9 Å². The van der Waals surface area contributed by atoms with Crippen LogP contribution < -0.4 is 5.73 Å². The normalized spacial score (nSPS) is 11.9. The smallest absolute Gasteiger partial charge is 0.219 e. The molecule has 0 aliphatic rings. The minimum Gasteiger partial charge on any atom is -0.368 e. The molecular formula is C22H25N5S2. The fourth-order valence-corrected chi connectivity index (χ4v) is 4.66. The average molecular weight is 424 g/mol. The Balaban J connectivity index is 2.47. The van der Waals surface area contributed by atoms with Crippen LogP contribution in [0.4, 0.5) is 0 Å². The van der Waals surface area contributed by atoms with E-state index in [2.05, 4.69) is 29.7 Å². The van der Waals surface area contributed by atoms with Gasteiger partial charge in [-0.15, -0.1) is 0 Å². The number of nitrogens with zero attached hydrogens (tertiary/aromatic N) is 4. The summed E-state index contributed by atoms with van der Waals surface area (Å²) in [6.45, 7) is 7.46. The number of unbranched alkanes of at least 4 members (excludes halogenated alkanes) is 1. The van der Waals surface area contributed by atoms with Crippen molar-refractivity contribution in [3.8, 4) is 17.2 Å². The predicted octanol–water partition coefficient (Wildman–Crippen LogP) is 5.58. The standard InChI is InChI=1S/C22H25N5S2/c1-4-5-11-28-15-29-21-19(13-23)18(17-9-7-6-8-10-17)12-20(27-21)16(2)14-26-22(24)25-3/h6-10,12,14H,3-5,11,15H2,1-2H3,(H2,24,26)/b16-14+. The number of thioether (sulfide) groups is 2. The molecule has 0 saturated heterocycles. The lowest BCUT2D eigenvalue weighted by Gasteiger charge is -2.12. The van der Waals surface area contributed by atoms with Crippen molar-refractivity contribution in [2.45, 2.75) is 31.7 Å². The maximum absolute atomic E-state index is 9.86. The van der Waals surface area contributed by atoms with Gasteiger partial charge in [0.15, 0.2) is 0 Å². The minimum atomic E-state index is 0.100. The van der Waals surface area contributed by atoms with Gasteiger partial charge in [0.1, 0.15) is 11.1 Å². The summed E-state index contributed by atoms with van der Waals surface area (Å²) in [4.78, 5) is 12.4. The van der Waals surface area contributed by atoms with Crippen molar-refractivity contribution < 1.29 is 0 Å². The Morgan fingerprint density at radius 2 is 2.10 bits per heavy atom. The predicted molar refractivity (Wildman–Crippen MR) is 127 cm³/mol. The van der Waals surface area contributed by atoms with Gasteiger partial charge in [-0.2, -0.15) is 17.0 Å². The number of aromatic nitrogens is 1. The van der Waals surface area contributed by atoms with Crippen molar-refractivity contribution in [1.29, 1.82) is 5.26 Å². The van der Waals surface area contributed by atoms with Crippen LogP contribution in [-0.2, 0) is 0 Å². The number of guanidine groups is 1. The number of rotatable bonds is 9. The van der Waals surface area contributed by atoms with Gasteiger partial charge in [-0.1, -0.05) is 55.4 Å². The monoisotopic (exact) mass is 423 g/mol. The third-order valence-corrected chi connectivity index (χ3v) is 6.34. The topological polar surface area (TPSA) is 87.4 Å². The Morgan fingerprint density at radius 1 is 1.34 bits per heavy atom. The third kappa shape index (κ3) is 6.77. The van der Waals surface area contributed by atoms with E-state index in [1.54, 1.807) is 18.0 Å². The zero-order chi connectivity index (χ0) is 21.1. The van der Waals surface area contributed by atoms with Crippen LogP contribution in [0.2, 0.25) is 0 Å². The van der Waals surface area contributed by atoms with E-state index in [9.17, 15) is 5.26 Å². The molecule has 29 heavy (non-hydrogen) atoms. The molecule has 2 aromatic rings. The maximum atomic E-state index is 9.86. The second-order valence-electron chi connectivity index (χ2n) is 6.19. The van der Waals surface area contributed by atoms with Crippen molar-refractivity contribution in [1.82, 2.24) is 4.98 Å². The van der Waals surface area contributed by atoms with Gasteiger partial charge in [0.25, 0.3) is 0 Å². The van der Waals surface area contributed by atoms with E-state index in [1.807, 2.05) is 55.1 Å². The van der Waals surface area contributed by atoms with Crippen molar-refractivity contribution in [3.05, 3.63) is 53.9 Å². The van der Waals surface area contributed by atoms with Crippen LogP contribution in [-0.4, -0.2) is 28.5 Å². The molecule has 5 nitrogen and oxygen atoms in total. The van der Waals surface area contributed by atoms with Gasteiger partial charge in [-0.3, -0.25) is 0 Å². The van der Waals surface area contributed by atoms with Crippen LogP contribution >= 0.6 is 23.5 Å². The number of benzene rings is 1. The highest BCUT2D eigenvalue weighted by atomic mass is 32.2. The van der Waals surface area contributed by atoms with Gasteiger partial charge in [0, 0.05) is 16.8 Å². The number of hydrogen-bond donors (Lipinski definition) is 1. The fraction of sp³-hybridized carbons (Fsp3) is 0.273. The zero-order valence-electron chi connectivity index (χ0n) is 16.8. The lowest BCUT2D eigenvalue weighted by molar-refractivity contribution is 0.897. The molecule has 0 fully saturated rings. The summed E-state index contributed by atoms with van der Waals surface area (Å²) < 4.78 is 0. The molecule has 0 saturated carbocycles. The van der Waals surface area contributed by atoms with Crippen LogP contribution in [0.25, 0.3) is 16.7 Å². The van der Waals surface area contributed by atoms with Gasteiger partial charge in [-0.25, -0.2) is 15.0 Å². The molecule has 0 unspecified atom stereocenters. The number of nitriles is 1. The number of aliphatic imine (C=N–C) groups is 2. The molecule has 2 N–H and O–H groups in total. The highest BCUT2D eigenvalue weighted by molar-refractivity contribution is 8.15. The second kappa shape index (κ2) is 12.1. The molecule has 1 aromatic heterocycles. The summed E-state index contributed by atoms with van der Waals surface area (Å²) in [5, 5.41) is 11.4. The molecule has 1 aromatic carbocycles. The van der Waals surface area contributed by atoms with Gasteiger partial charge < -0.3 is 5.73 Å². The Kier molecular flexibility index (Phi) is 9.48. The Labute approximate surface area is 181 Å². The SMILES string of the molecule is C=NC(N)=N/C=C(\C)c1cc(-c2ccccc2)c(C#N)c(SCSCCCC)n1. The van der Waals surface area contributed by atoms with Gasteiger partial charge in [-0.05, 0) is 43.0 Å². The van der Waals surface area contributed by atoms with E-state index >= 15 is 0 Å². The molecule has 0 aliphatic carbocycles. The molecule has 2 rings (SSSR count). The molecule has 0 aliphatic heterocycles. The van der Waals surface area contributed by atoms with E-state index in [-0.39, 0.29) is 5.96 Å². The summed E-state index contributed by atoms with van der Waals surface area (Å²) >= 11 is 3.47. The van der Waals surface area contributed by atoms with E-state index in [0.717, 1.165) is 38.3 Å². The largest absolute Gasteiger partial charge is 0.368 e. The first-order valence-electron chi connectivity index (χ1n) is 9.29. The van der Waals surface area contributed by atoms with Crippen molar-refractivity contribution >= 4 is 41.8 Å². The summed E-state index contributed by atoms with van der Waals surface area (Å²) in [6.07, 6.45) is 4.00. The molecule has 0 radical (unpaired) electrons. The fourth-order valence-electron chi connectivity index (χ4n) is 2.45. The molecule has 150 valence electrons. The first-order chi connectivity index (χ1) is 14.1. The summed E-state index contributed by atoms with van der Waals surface area (Å²) in [7, 11) is 0. The first-order valence-corrected chi connectivity index (χ1v) is 11.4. The number of pyridine rings is 1. The number of allylic oxidation sites excluding steroid dienone is 1. The Hall–Kier alpha value is -2.56. The highest BCUT2D eigenvalue weighted by Gasteiger charge is 2.15. The van der Waals surface area contributed by atoms with Crippen LogP contribution in [0, 0.1) is 11.3 Å². The summed E-state index contributed by atoms with van der Waals surface area (Å²) in [5.74, 6) is 1.21. The first kappa shape index (κ1) is 22.7. The van der Waals surface area contributed by atoms with Gasteiger partial charge >= 0.3 is 0 Å². The third-order valence-electron chi connectivity index (χ3n) is 4.06. The zero-order valence-corrected chi connectivity index (χ0v) is 18.4. The molecular weight excluding hydrogens is 398 g/mol. The molecule has 7 heteroatoms. The van der Waals surface area contributed by atoms with Crippen LogP contribution in [0.15, 0.2) is 57.6 Å². The molecule has 0 amide bonds. The van der Waals surface area contributed by atoms with E-state index in [4.69, 9.17) is 10.7 Å². The number of hydrogen-bond acceptors (Lipinski definition) is 5. The van der Waals surface area contributed by atoms with Crippen molar-refractivity contribution in [2.24, 2.45) is 15.7 Å². The Bertz CT molecular complexity index is 930.